The van der Waals surface area contributed by atoms with Gasteiger partial charge in [-0.15, -0.1) is 0 Å². The summed E-state index contributed by atoms with van der Waals surface area (Å²) < 4.78 is 10.6. The Kier molecular flexibility index (Phi) is 6.57. The zero-order valence-electron chi connectivity index (χ0n) is 16.7. The summed E-state index contributed by atoms with van der Waals surface area (Å²) in [4.78, 5) is 16.6. The molecular formula is C23H25NO3S. The monoisotopic (exact) mass is 395 g/mol. The van der Waals surface area contributed by atoms with Gasteiger partial charge in [0.1, 0.15) is 17.3 Å². The molecule has 0 aliphatic carbocycles. The first kappa shape index (κ1) is 20.2. The Bertz CT molecular complexity index is 898. The van der Waals surface area contributed by atoms with Crippen molar-refractivity contribution in [2.45, 2.75) is 31.9 Å². The average Bonchev–Trinajstić information content (AvgIpc) is 2.74. The van der Waals surface area contributed by atoms with Crippen LogP contribution in [-0.2, 0) is 4.79 Å². The highest BCUT2D eigenvalue weighted by Crippen LogP contribution is 2.38. The number of Topliss-reactive ketones (excluding diaryl/α,β-unsaturated/α-hetero) is 1. The lowest BCUT2D eigenvalue weighted by Gasteiger charge is -2.21. The molecule has 28 heavy (non-hydrogen) atoms. The number of hydrogen-bond acceptors (Lipinski definition) is 5. The third-order valence-electron chi connectivity index (χ3n) is 4.80. The molecule has 3 rings (SSSR count). The second kappa shape index (κ2) is 9.11. The number of benzene rings is 2. The van der Waals surface area contributed by atoms with E-state index in [-0.39, 0.29) is 11.0 Å². The molecule has 0 aromatic heterocycles. The van der Waals surface area contributed by atoms with E-state index in [0.717, 1.165) is 46.2 Å². The van der Waals surface area contributed by atoms with Crippen molar-refractivity contribution in [3.8, 4) is 11.5 Å². The zero-order chi connectivity index (χ0) is 20.1. The second-order valence-corrected chi connectivity index (χ2v) is 8.07. The van der Waals surface area contributed by atoms with E-state index < -0.39 is 0 Å². The van der Waals surface area contributed by atoms with Crippen molar-refractivity contribution >= 4 is 33.9 Å². The lowest BCUT2D eigenvalue weighted by Crippen LogP contribution is -2.13. The van der Waals surface area contributed by atoms with Gasteiger partial charge in [0, 0.05) is 5.56 Å². The summed E-state index contributed by atoms with van der Waals surface area (Å²) in [5.74, 6) is 1.82. The molecule has 0 saturated carbocycles. The van der Waals surface area contributed by atoms with Gasteiger partial charge < -0.3 is 9.47 Å². The third-order valence-corrected chi connectivity index (χ3v) is 6.05. The van der Waals surface area contributed by atoms with E-state index in [1.54, 1.807) is 32.9 Å². The van der Waals surface area contributed by atoms with Gasteiger partial charge in [-0.2, -0.15) is 0 Å². The van der Waals surface area contributed by atoms with Crippen molar-refractivity contribution < 1.29 is 14.3 Å². The van der Waals surface area contributed by atoms with Crippen LogP contribution in [0.25, 0.3) is 11.3 Å². The molecular weight excluding hydrogens is 370 g/mol. The number of ketones is 1. The predicted molar refractivity (Wildman–Crippen MR) is 117 cm³/mol. The molecule has 0 saturated heterocycles. The van der Waals surface area contributed by atoms with E-state index in [1.165, 1.54) is 5.57 Å². The van der Waals surface area contributed by atoms with Crippen molar-refractivity contribution in [3.63, 3.8) is 0 Å². The van der Waals surface area contributed by atoms with Crippen LogP contribution < -0.4 is 9.47 Å². The maximum atomic E-state index is 11.7. The fourth-order valence-electron chi connectivity index (χ4n) is 3.03. The Morgan fingerprint density at radius 2 is 1.46 bits per heavy atom. The summed E-state index contributed by atoms with van der Waals surface area (Å²) >= 11 is 1.56. The molecule has 0 amide bonds. The molecule has 5 heteroatoms. The first-order chi connectivity index (χ1) is 13.5. The van der Waals surface area contributed by atoms with Crippen LogP contribution in [0, 0.1) is 0 Å². The lowest BCUT2D eigenvalue weighted by atomic mass is 9.94. The number of methoxy groups -OCH3 is 2. The number of ether oxygens (including phenoxy) is 2. The van der Waals surface area contributed by atoms with Gasteiger partial charge in [0.15, 0.2) is 0 Å². The van der Waals surface area contributed by atoms with E-state index in [4.69, 9.17) is 14.5 Å². The second-order valence-electron chi connectivity index (χ2n) is 6.66. The van der Waals surface area contributed by atoms with Gasteiger partial charge in [-0.05, 0) is 74.2 Å². The quantitative estimate of drug-likeness (QED) is 0.650. The first-order valence-electron chi connectivity index (χ1n) is 9.28. The molecule has 0 fully saturated rings. The summed E-state index contributed by atoms with van der Waals surface area (Å²) in [6, 6.07) is 16.0. The highest BCUT2D eigenvalue weighted by Gasteiger charge is 2.21. The number of allylic oxidation sites excluding steroid dienone is 1. The van der Waals surface area contributed by atoms with Crippen molar-refractivity contribution in [1.29, 1.82) is 0 Å². The Labute approximate surface area is 170 Å². The molecule has 1 aliphatic rings. The third kappa shape index (κ3) is 4.65. The van der Waals surface area contributed by atoms with Crippen molar-refractivity contribution in [3.05, 3.63) is 59.7 Å². The molecule has 1 heterocycles. The molecule has 0 radical (unpaired) electrons. The molecule has 0 N–H and O–H groups in total. The van der Waals surface area contributed by atoms with E-state index in [9.17, 15) is 4.79 Å². The van der Waals surface area contributed by atoms with E-state index in [1.807, 2.05) is 43.3 Å². The average molecular weight is 396 g/mol. The number of aliphatic imine (C=N–C) groups is 1. The van der Waals surface area contributed by atoms with Crippen LogP contribution in [-0.4, -0.2) is 30.3 Å². The van der Waals surface area contributed by atoms with Gasteiger partial charge in [-0.1, -0.05) is 23.9 Å². The highest BCUT2D eigenvalue weighted by molar-refractivity contribution is 8.15. The standard InChI is InChI=1S/C23H25NO3S/c1-15(25)16(2)28-22-14-13-21(17-5-9-19(26-3)10-6-17)23(24-22)18-7-11-20(27-4)12-8-18/h5-12,16H,13-14H2,1-4H3. The Hall–Kier alpha value is -2.53. The van der Waals surface area contributed by atoms with Gasteiger partial charge >= 0.3 is 0 Å². The van der Waals surface area contributed by atoms with Gasteiger partial charge in [-0.3, -0.25) is 4.79 Å². The lowest BCUT2D eigenvalue weighted by molar-refractivity contribution is -0.116. The Balaban J connectivity index is 2.04. The fourth-order valence-corrected chi connectivity index (χ4v) is 3.97. The number of carbonyl (C=O) groups excluding carboxylic acids is 1. The number of carbonyl (C=O) groups is 1. The zero-order valence-corrected chi connectivity index (χ0v) is 17.5. The molecule has 0 spiro atoms. The van der Waals surface area contributed by atoms with Crippen LogP contribution in [0.5, 0.6) is 11.5 Å². The van der Waals surface area contributed by atoms with Gasteiger partial charge in [0.2, 0.25) is 0 Å². The number of rotatable bonds is 6. The van der Waals surface area contributed by atoms with E-state index >= 15 is 0 Å². The largest absolute Gasteiger partial charge is 0.497 e. The van der Waals surface area contributed by atoms with Crippen LogP contribution >= 0.6 is 11.8 Å². The first-order valence-corrected chi connectivity index (χ1v) is 10.2. The molecule has 1 atom stereocenters. The van der Waals surface area contributed by atoms with E-state index in [2.05, 4.69) is 12.1 Å². The van der Waals surface area contributed by atoms with Gasteiger partial charge in [0.05, 0.1) is 30.2 Å². The van der Waals surface area contributed by atoms with Crippen molar-refractivity contribution in [2.24, 2.45) is 4.99 Å². The Morgan fingerprint density at radius 1 is 0.929 bits per heavy atom. The summed E-state index contributed by atoms with van der Waals surface area (Å²) in [6.07, 6.45) is 1.72. The molecule has 146 valence electrons. The number of hydrogen-bond donors (Lipinski definition) is 0. The maximum absolute atomic E-state index is 11.7. The predicted octanol–water partition coefficient (Wildman–Crippen LogP) is 5.48. The number of thioether (sulfide) groups is 1. The molecule has 0 bridgehead atoms. The van der Waals surface area contributed by atoms with Crippen molar-refractivity contribution in [1.82, 2.24) is 0 Å². The van der Waals surface area contributed by atoms with Gasteiger partial charge in [0.25, 0.3) is 0 Å². The van der Waals surface area contributed by atoms with Crippen LogP contribution in [0.4, 0.5) is 0 Å². The highest BCUT2D eigenvalue weighted by atomic mass is 32.2. The van der Waals surface area contributed by atoms with Crippen LogP contribution in [0.15, 0.2) is 53.5 Å². The van der Waals surface area contributed by atoms with Crippen molar-refractivity contribution in [2.75, 3.05) is 14.2 Å². The fraction of sp³-hybridized carbons (Fsp3) is 0.304. The maximum Gasteiger partial charge on any atom is 0.142 e. The molecule has 1 unspecified atom stereocenters. The SMILES string of the molecule is COc1ccc(C2=C(c3ccc(OC)cc3)N=C(SC(C)C(C)=O)CC2)cc1. The molecule has 1 aliphatic heterocycles. The summed E-state index contributed by atoms with van der Waals surface area (Å²) in [7, 11) is 3.33. The smallest absolute Gasteiger partial charge is 0.142 e. The summed E-state index contributed by atoms with van der Waals surface area (Å²) in [5, 5.41) is 0.921. The van der Waals surface area contributed by atoms with Crippen LogP contribution in [0.1, 0.15) is 37.8 Å². The minimum absolute atomic E-state index is 0.0848. The summed E-state index contributed by atoms with van der Waals surface area (Å²) in [6.45, 7) is 3.56. The van der Waals surface area contributed by atoms with Crippen LogP contribution in [0.2, 0.25) is 0 Å². The summed E-state index contributed by atoms with van der Waals surface area (Å²) in [5.41, 5.74) is 4.34. The van der Waals surface area contributed by atoms with E-state index in [0.29, 0.717) is 0 Å². The minimum Gasteiger partial charge on any atom is -0.497 e. The normalized spacial score (nSPS) is 15.1. The van der Waals surface area contributed by atoms with Crippen LogP contribution in [0.3, 0.4) is 0 Å². The van der Waals surface area contributed by atoms with Gasteiger partial charge in [-0.25, -0.2) is 4.99 Å². The Morgan fingerprint density at radius 3 is 1.96 bits per heavy atom. The molecule has 4 nitrogen and oxygen atoms in total. The number of nitrogens with zero attached hydrogens (tertiary/aromatic N) is 1. The molecule has 2 aromatic rings. The molecule has 2 aromatic carbocycles. The minimum atomic E-state index is -0.0848. The topological polar surface area (TPSA) is 47.9 Å².